The zero-order valence-electron chi connectivity index (χ0n) is 7.31. The van der Waals surface area contributed by atoms with Gasteiger partial charge >= 0.3 is 0 Å². The van der Waals surface area contributed by atoms with Gasteiger partial charge in [-0.1, -0.05) is 30.3 Å². The fraction of sp³-hybridized carbons (Fsp3) is 0. The average Bonchev–Trinajstić information content (AvgIpc) is 2.68. The van der Waals surface area contributed by atoms with Crippen molar-refractivity contribution in [3.05, 3.63) is 35.7 Å². The van der Waals surface area contributed by atoms with E-state index in [0.717, 1.165) is 11.3 Å². The Balaban J connectivity index is 2.29. The van der Waals surface area contributed by atoms with Gasteiger partial charge in [-0.15, -0.1) is 11.3 Å². The maximum absolute atomic E-state index is 10.2. The van der Waals surface area contributed by atoms with Crippen molar-refractivity contribution in [3.63, 3.8) is 0 Å². The van der Waals surface area contributed by atoms with Gasteiger partial charge in [-0.05, 0) is 0 Å². The van der Waals surface area contributed by atoms with Gasteiger partial charge < -0.3 is 5.32 Å². The van der Waals surface area contributed by atoms with Crippen LogP contribution in [0.2, 0.25) is 0 Å². The molecule has 0 saturated heterocycles. The van der Waals surface area contributed by atoms with Gasteiger partial charge in [0.25, 0.3) is 0 Å². The van der Waals surface area contributed by atoms with Crippen LogP contribution in [0.3, 0.4) is 0 Å². The van der Waals surface area contributed by atoms with E-state index < -0.39 is 0 Å². The predicted molar refractivity (Wildman–Crippen MR) is 57.2 cm³/mol. The van der Waals surface area contributed by atoms with E-state index in [-0.39, 0.29) is 0 Å². The minimum Gasteiger partial charge on any atom is -0.305 e. The first-order valence-electron chi connectivity index (χ1n) is 4.11. The Labute approximate surface area is 85.4 Å². The highest BCUT2D eigenvalue weighted by Crippen LogP contribution is 2.23. The lowest BCUT2D eigenvalue weighted by molar-refractivity contribution is -0.105. The van der Waals surface area contributed by atoms with Crippen LogP contribution >= 0.6 is 11.3 Å². The predicted octanol–water partition coefficient (Wildman–Crippen LogP) is 2.38. The molecule has 0 fully saturated rings. The van der Waals surface area contributed by atoms with Crippen LogP contribution in [0.4, 0.5) is 5.13 Å². The molecule has 0 radical (unpaired) electrons. The second-order valence-corrected chi connectivity index (χ2v) is 3.52. The van der Waals surface area contributed by atoms with Gasteiger partial charge in [-0.25, -0.2) is 4.98 Å². The summed E-state index contributed by atoms with van der Waals surface area (Å²) >= 11 is 1.42. The van der Waals surface area contributed by atoms with Crippen molar-refractivity contribution in [2.75, 3.05) is 5.32 Å². The molecule has 14 heavy (non-hydrogen) atoms. The third-order valence-corrected chi connectivity index (χ3v) is 2.53. The molecule has 1 aromatic heterocycles. The third kappa shape index (κ3) is 1.80. The summed E-state index contributed by atoms with van der Waals surface area (Å²) in [7, 11) is 0. The van der Waals surface area contributed by atoms with Crippen molar-refractivity contribution < 1.29 is 4.79 Å². The summed E-state index contributed by atoms with van der Waals surface area (Å²) in [5, 5.41) is 5.07. The summed E-state index contributed by atoms with van der Waals surface area (Å²) in [4.78, 5) is 14.4. The summed E-state index contributed by atoms with van der Waals surface area (Å²) in [6.45, 7) is 0. The van der Waals surface area contributed by atoms with Crippen molar-refractivity contribution in [1.82, 2.24) is 4.98 Å². The number of anilines is 1. The van der Waals surface area contributed by atoms with E-state index >= 15 is 0 Å². The molecule has 2 aromatic rings. The van der Waals surface area contributed by atoms with Gasteiger partial charge in [0.2, 0.25) is 6.41 Å². The second-order valence-electron chi connectivity index (χ2n) is 2.67. The number of thiazole rings is 1. The number of rotatable bonds is 3. The van der Waals surface area contributed by atoms with Gasteiger partial charge in [-0.2, -0.15) is 0 Å². The molecule has 0 unspecified atom stereocenters. The summed E-state index contributed by atoms with van der Waals surface area (Å²) in [5.41, 5.74) is 1.95. The SMILES string of the molecule is O=CNc1nc(-c2ccccc2)cs1. The van der Waals surface area contributed by atoms with Crippen LogP contribution < -0.4 is 5.32 Å². The van der Waals surface area contributed by atoms with Crippen molar-refractivity contribution >= 4 is 22.9 Å². The van der Waals surface area contributed by atoms with Gasteiger partial charge in [0.05, 0.1) is 5.69 Å². The molecule has 0 aliphatic rings. The van der Waals surface area contributed by atoms with Gasteiger partial charge in [0, 0.05) is 10.9 Å². The maximum Gasteiger partial charge on any atom is 0.213 e. The fourth-order valence-corrected chi connectivity index (χ4v) is 1.81. The quantitative estimate of drug-likeness (QED) is 0.780. The first-order valence-corrected chi connectivity index (χ1v) is 4.99. The zero-order valence-corrected chi connectivity index (χ0v) is 8.12. The minimum atomic E-state index is 0.624. The van der Waals surface area contributed by atoms with Gasteiger partial charge in [0.15, 0.2) is 5.13 Å². The van der Waals surface area contributed by atoms with Crippen molar-refractivity contribution in [2.45, 2.75) is 0 Å². The van der Waals surface area contributed by atoms with E-state index in [1.165, 1.54) is 11.3 Å². The summed E-state index contributed by atoms with van der Waals surface area (Å²) in [6.07, 6.45) is 0.633. The Morgan fingerprint density at radius 1 is 1.29 bits per heavy atom. The molecule has 1 amide bonds. The summed E-state index contributed by atoms with van der Waals surface area (Å²) < 4.78 is 0. The molecule has 1 aromatic carbocycles. The maximum atomic E-state index is 10.2. The second kappa shape index (κ2) is 4.02. The van der Waals surface area contributed by atoms with Crippen LogP contribution in [0.15, 0.2) is 35.7 Å². The lowest BCUT2D eigenvalue weighted by atomic mass is 10.2. The van der Waals surface area contributed by atoms with E-state index in [9.17, 15) is 4.79 Å². The Kier molecular flexibility index (Phi) is 2.55. The summed E-state index contributed by atoms with van der Waals surface area (Å²) in [6, 6.07) is 9.85. The van der Waals surface area contributed by atoms with Crippen molar-refractivity contribution in [2.24, 2.45) is 0 Å². The smallest absolute Gasteiger partial charge is 0.213 e. The molecule has 0 spiro atoms. The van der Waals surface area contributed by atoms with Crippen LogP contribution in [0.25, 0.3) is 11.3 Å². The molecule has 3 nitrogen and oxygen atoms in total. The number of nitrogens with zero attached hydrogens (tertiary/aromatic N) is 1. The van der Waals surface area contributed by atoms with E-state index in [2.05, 4.69) is 10.3 Å². The number of hydrogen-bond donors (Lipinski definition) is 1. The molecule has 0 aliphatic carbocycles. The number of benzene rings is 1. The van der Waals surface area contributed by atoms with Crippen LogP contribution in [0.1, 0.15) is 0 Å². The molecule has 0 bridgehead atoms. The molecule has 70 valence electrons. The Morgan fingerprint density at radius 2 is 2.07 bits per heavy atom. The molecule has 0 aliphatic heterocycles. The topological polar surface area (TPSA) is 42.0 Å². The van der Waals surface area contributed by atoms with Crippen LogP contribution in [-0.2, 0) is 4.79 Å². The monoisotopic (exact) mass is 204 g/mol. The molecule has 0 saturated carbocycles. The van der Waals surface area contributed by atoms with Gasteiger partial charge in [0.1, 0.15) is 0 Å². The highest BCUT2D eigenvalue weighted by molar-refractivity contribution is 7.14. The highest BCUT2D eigenvalue weighted by atomic mass is 32.1. The normalized spacial score (nSPS) is 9.71. The van der Waals surface area contributed by atoms with E-state index in [1.54, 1.807) is 0 Å². The lowest BCUT2D eigenvalue weighted by Gasteiger charge is -1.93. The average molecular weight is 204 g/mol. The molecule has 4 heteroatoms. The number of aromatic nitrogens is 1. The highest BCUT2D eigenvalue weighted by Gasteiger charge is 2.02. The minimum absolute atomic E-state index is 0.624. The summed E-state index contributed by atoms with van der Waals surface area (Å²) in [5.74, 6) is 0. The standard InChI is InChI=1S/C10H8N2OS/c13-7-11-10-12-9(6-14-10)8-4-2-1-3-5-8/h1-7H,(H,11,12,13). The molecule has 2 rings (SSSR count). The Morgan fingerprint density at radius 3 is 2.79 bits per heavy atom. The Bertz CT molecular complexity index is 425. The van der Waals surface area contributed by atoms with E-state index in [1.807, 2.05) is 35.7 Å². The molecule has 1 N–H and O–H groups in total. The largest absolute Gasteiger partial charge is 0.305 e. The first-order chi connectivity index (χ1) is 6.90. The number of carbonyl (C=O) groups is 1. The van der Waals surface area contributed by atoms with Crippen molar-refractivity contribution in [1.29, 1.82) is 0 Å². The number of nitrogens with one attached hydrogen (secondary N) is 1. The number of carbonyl (C=O) groups excluding carboxylic acids is 1. The lowest BCUT2D eigenvalue weighted by Crippen LogP contribution is -1.91. The molecule has 1 heterocycles. The van der Waals surface area contributed by atoms with Crippen LogP contribution in [0.5, 0.6) is 0 Å². The molecular formula is C10H8N2OS. The number of amides is 1. The third-order valence-electron chi connectivity index (χ3n) is 1.76. The number of hydrogen-bond acceptors (Lipinski definition) is 3. The van der Waals surface area contributed by atoms with Crippen LogP contribution in [-0.4, -0.2) is 11.4 Å². The van der Waals surface area contributed by atoms with Gasteiger partial charge in [-0.3, -0.25) is 4.79 Å². The fourth-order valence-electron chi connectivity index (χ4n) is 1.13. The van der Waals surface area contributed by atoms with Crippen molar-refractivity contribution in [3.8, 4) is 11.3 Å². The van der Waals surface area contributed by atoms with E-state index in [4.69, 9.17) is 0 Å². The Hall–Kier alpha value is -1.68. The van der Waals surface area contributed by atoms with Crippen LogP contribution in [0, 0.1) is 0 Å². The zero-order chi connectivity index (χ0) is 9.80. The molecular weight excluding hydrogens is 196 g/mol. The molecule has 0 atom stereocenters. The van der Waals surface area contributed by atoms with E-state index in [0.29, 0.717) is 11.5 Å². The first kappa shape index (κ1) is 8.90.